The maximum absolute atomic E-state index is 13.5. The fourth-order valence-electron chi connectivity index (χ4n) is 2.11. The summed E-state index contributed by atoms with van der Waals surface area (Å²) in [6, 6.07) is 9.33. The van der Waals surface area contributed by atoms with Crippen molar-refractivity contribution in [1.29, 1.82) is 0 Å². The molecule has 0 N–H and O–H groups in total. The van der Waals surface area contributed by atoms with Crippen LogP contribution < -0.4 is 9.47 Å². The van der Waals surface area contributed by atoms with E-state index in [0.29, 0.717) is 40.3 Å². The Balaban J connectivity index is 1.94. The summed E-state index contributed by atoms with van der Waals surface area (Å²) in [5.74, 6) is 0.467. The molecule has 0 saturated carbocycles. The van der Waals surface area contributed by atoms with Gasteiger partial charge in [-0.25, -0.2) is 4.39 Å². The smallest absolute Gasteiger partial charge is 0.193 e. The lowest BCUT2D eigenvalue weighted by atomic mass is 10.0. The van der Waals surface area contributed by atoms with Crippen molar-refractivity contribution in [2.24, 2.45) is 0 Å². The minimum Gasteiger partial charge on any atom is -0.490 e. The first kappa shape index (κ1) is 14.1. The van der Waals surface area contributed by atoms with Crippen molar-refractivity contribution in [3.05, 3.63) is 57.8 Å². The molecule has 1 aliphatic heterocycles. The maximum Gasteiger partial charge on any atom is 0.193 e. The van der Waals surface area contributed by atoms with Crippen molar-refractivity contribution < 1.29 is 18.7 Å². The highest BCUT2D eigenvalue weighted by Crippen LogP contribution is 2.31. The van der Waals surface area contributed by atoms with Crippen molar-refractivity contribution >= 4 is 21.7 Å². The molecule has 1 heterocycles. The zero-order chi connectivity index (χ0) is 14.8. The van der Waals surface area contributed by atoms with Crippen LogP contribution in [-0.2, 0) is 0 Å². The van der Waals surface area contributed by atoms with Crippen molar-refractivity contribution in [2.75, 3.05) is 13.2 Å². The van der Waals surface area contributed by atoms with Gasteiger partial charge in [-0.3, -0.25) is 4.79 Å². The predicted octanol–water partition coefficient (Wildman–Crippen LogP) is 3.98. The molecule has 108 valence electrons. The van der Waals surface area contributed by atoms with Gasteiger partial charge < -0.3 is 9.47 Å². The Labute approximate surface area is 129 Å². The van der Waals surface area contributed by atoms with Gasteiger partial charge in [0.25, 0.3) is 0 Å². The number of ether oxygens (including phenoxy) is 2. The normalized spacial score (nSPS) is 13.6. The number of hydrogen-bond acceptors (Lipinski definition) is 3. The summed E-state index contributed by atoms with van der Waals surface area (Å²) in [5, 5.41) is 0. The minimum atomic E-state index is -0.463. The number of halogens is 2. The second-order valence-electron chi connectivity index (χ2n) is 4.67. The Kier molecular flexibility index (Phi) is 3.92. The molecular weight excluding hydrogens is 339 g/mol. The summed E-state index contributed by atoms with van der Waals surface area (Å²) >= 11 is 3.07. The molecule has 5 heteroatoms. The molecule has 0 amide bonds. The van der Waals surface area contributed by atoms with Crippen LogP contribution in [0, 0.1) is 5.82 Å². The van der Waals surface area contributed by atoms with Crippen LogP contribution in [0.15, 0.2) is 40.9 Å². The summed E-state index contributed by atoms with van der Waals surface area (Å²) in [6.07, 6.45) is 0.801. The first-order valence-corrected chi connectivity index (χ1v) is 7.34. The number of hydrogen-bond donors (Lipinski definition) is 0. The third-order valence-electron chi connectivity index (χ3n) is 3.19. The van der Waals surface area contributed by atoms with E-state index >= 15 is 0 Å². The van der Waals surface area contributed by atoms with Gasteiger partial charge in [-0.2, -0.15) is 0 Å². The summed E-state index contributed by atoms with van der Waals surface area (Å²) in [6.45, 7) is 1.15. The van der Waals surface area contributed by atoms with Crippen LogP contribution in [0.3, 0.4) is 0 Å². The Morgan fingerprint density at radius 3 is 2.43 bits per heavy atom. The number of carbonyl (C=O) groups is 1. The van der Waals surface area contributed by atoms with E-state index in [1.807, 2.05) is 0 Å². The Bertz CT molecular complexity index is 700. The van der Waals surface area contributed by atoms with Gasteiger partial charge in [-0.05, 0) is 52.3 Å². The van der Waals surface area contributed by atoms with E-state index in [4.69, 9.17) is 9.47 Å². The SMILES string of the molecule is O=C(c1ccc(Br)c(F)c1)c1ccc2c(c1)OCCCO2. The van der Waals surface area contributed by atoms with Crippen molar-refractivity contribution in [3.8, 4) is 11.5 Å². The fraction of sp³-hybridized carbons (Fsp3) is 0.188. The highest BCUT2D eigenvalue weighted by molar-refractivity contribution is 9.10. The average molecular weight is 351 g/mol. The number of carbonyl (C=O) groups excluding carboxylic acids is 1. The molecule has 0 aromatic heterocycles. The van der Waals surface area contributed by atoms with E-state index in [-0.39, 0.29) is 5.78 Å². The van der Waals surface area contributed by atoms with Gasteiger partial charge in [0.15, 0.2) is 17.3 Å². The molecule has 0 spiro atoms. The molecule has 0 unspecified atom stereocenters. The van der Waals surface area contributed by atoms with Crippen LogP contribution in [0.25, 0.3) is 0 Å². The Hall–Kier alpha value is -1.88. The molecule has 0 atom stereocenters. The largest absolute Gasteiger partial charge is 0.490 e. The van der Waals surface area contributed by atoms with Gasteiger partial charge in [0.1, 0.15) is 5.82 Å². The first-order valence-electron chi connectivity index (χ1n) is 6.54. The predicted molar refractivity (Wildman–Crippen MR) is 79.6 cm³/mol. The molecule has 0 fully saturated rings. The molecule has 2 aromatic carbocycles. The Morgan fingerprint density at radius 1 is 1.00 bits per heavy atom. The third kappa shape index (κ3) is 2.93. The maximum atomic E-state index is 13.5. The zero-order valence-corrected chi connectivity index (χ0v) is 12.7. The van der Waals surface area contributed by atoms with Gasteiger partial charge in [-0.1, -0.05) is 0 Å². The highest BCUT2D eigenvalue weighted by atomic mass is 79.9. The number of ketones is 1. The summed E-state index contributed by atoms with van der Waals surface area (Å²) < 4.78 is 25.0. The summed E-state index contributed by atoms with van der Waals surface area (Å²) in [5.41, 5.74) is 0.742. The molecule has 21 heavy (non-hydrogen) atoms. The summed E-state index contributed by atoms with van der Waals surface area (Å²) in [4.78, 5) is 12.4. The van der Waals surface area contributed by atoms with Gasteiger partial charge in [0.05, 0.1) is 17.7 Å². The second-order valence-corrected chi connectivity index (χ2v) is 5.52. The van der Waals surface area contributed by atoms with Gasteiger partial charge in [0.2, 0.25) is 0 Å². The molecule has 3 nitrogen and oxygen atoms in total. The number of fused-ring (bicyclic) bond motifs is 1. The van der Waals surface area contributed by atoms with Crippen molar-refractivity contribution in [2.45, 2.75) is 6.42 Å². The van der Waals surface area contributed by atoms with E-state index in [0.717, 1.165) is 6.42 Å². The quantitative estimate of drug-likeness (QED) is 0.768. The molecule has 0 radical (unpaired) electrons. The van der Waals surface area contributed by atoms with Crippen LogP contribution in [0.1, 0.15) is 22.3 Å². The van der Waals surface area contributed by atoms with E-state index in [1.54, 1.807) is 24.3 Å². The average Bonchev–Trinajstić information content (AvgIpc) is 2.73. The second kappa shape index (κ2) is 5.85. The lowest BCUT2D eigenvalue weighted by molar-refractivity contribution is 0.103. The van der Waals surface area contributed by atoms with Gasteiger partial charge >= 0.3 is 0 Å². The third-order valence-corrected chi connectivity index (χ3v) is 3.83. The van der Waals surface area contributed by atoms with Gasteiger partial charge in [-0.15, -0.1) is 0 Å². The monoisotopic (exact) mass is 350 g/mol. The minimum absolute atomic E-state index is 0.253. The van der Waals surface area contributed by atoms with E-state index in [2.05, 4.69) is 15.9 Å². The van der Waals surface area contributed by atoms with Crippen LogP contribution >= 0.6 is 15.9 Å². The highest BCUT2D eigenvalue weighted by Gasteiger charge is 2.16. The fourth-order valence-corrected chi connectivity index (χ4v) is 2.36. The number of rotatable bonds is 2. The summed E-state index contributed by atoms with van der Waals surface area (Å²) in [7, 11) is 0. The molecule has 2 aromatic rings. The van der Waals surface area contributed by atoms with Crippen LogP contribution in [-0.4, -0.2) is 19.0 Å². The molecule has 1 aliphatic rings. The van der Waals surface area contributed by atoms with Crippen molar-refractivity contribution in [1.82, 2.24) is 0 Å². The van der Waals surface area contributed by atoms with Gasteiger partial charge in [0, 0.05) is 17.5 Å². The molecule has 0 bridgehead atoms. The van der Waals surface area contributed by atoms with Crippen LogP contribution in [0.2, 0.25) is 0 Å². The molecular formula is C16H12BrFO3. The molecule has 0 aliphatic carbocycles. The molecule has 3 rings (SSSR count). The van der Waals surface area contributed by atoms with E-state index < -0.39 is 5.82 Å². The lowest BCUT2D eigenvalue weighted by Gasteiger charge is -2.09. The van der Waals surface area contributed by atoms with Crippen LogP contribution in [0.5, 0.6) is 11.5 Å². The van der Waals surface area contributed by atoms with Crippen LogP contribution in [0.4, 0.5) is 4.39 Å². The van der Waals surface area contributed by atoms with E-state index in [1.165, 1.54) is 12.1 Å². The Morgan fingerprint density at radius 2 is 1.67 bits per heavy atom. The molecule has 0 saturated heterocycles. The number of benzene rings is 2. The zero-order valence-electron chi connectivity index (χ0n) is 11.1. The lowest BCUT2D eigenvalue weighted by Crippen LogP contribution is -2.03. The van der Waals surface area contributed by atoms with Crippen molar-refractivity contribution in [3.63, 3.8) is 0 Å². The standard InChI is InChI=1S/C16H12BrFO3/c17-12-4-2-10(8-13(12)18)16(19)11-3-5-14-15(9-11)21-7-1-6-20-14/h2-5,8-9H,1,6-7H2. The van der Waals surface area contributed by atoms with E-state index in [9.17, 15) is 9.18 Å². The first-order chi connectivity index (χ1) is 10.1. The topological polar surface area (TPSA) is 35.5 Å².